The van der Waals surface area contributed by atoms with Crippen molar-refractivity contribution >= 4 is 5.91 Å². The van der Waals surface area contributed by atoms with Crippen LogP contribution in [0, 0.1) is 5.92 Å². The van der Waals surface area contributed by atoms with Crippen LogP contribution in [0.5, 0.6) is 0 Å². The van der Waals surface area contributed by atoms with Gasteiger partial charge in [-0.1, -0.05) is 27.0 Å². The van der Waals surface area contributed by atoms with E-state index >= 15 is 0 Å². The first-order valence-electron chi connectivity index (χ1n) is 6.60. The maximum atomic E-state index is 12.7. The molecule has 0 saturated carbocycles. The number of piperidine rings is 1. The Balaban J connectivity index is 0.00000154. The summed E-state index contributed by atoms with van der Waals surface area (Å²) in [6.45, 7) is 13.7. The van der Waals surface area contributed by atoms with Gasteiger partial charge in [0.2, 0.25) is 5.91 Å². The van der Waals surface area contributed by atoms with Crippen LogP contribution in [-0.2, 0) is 9.53 Å². The van der Waals surface area contributed by atoms with Gasteiger partial charge in [0, 0.05) is 25.0 Å². The molecule has 1 amide bonds. The topological polar surface area (TPSA) is 38.3 Å². The van der Waals surface area contributed by atoms with Crippen molar-refractivity contribution in [1.82, 2.24) is 5.32 Å². The van der Waals surface area contributed by atoms with Crippen LogP contribution in [0.2, 0.25) is 0 Å². The van der Waals surface area contributed by atoms with E-state index in [0.717, 1.165) is 6.42 Å². The van der Waals surface area contributed by atoms with Gasteiger partial charge >= 0.3 is 0 Å². The Morgan fingerprint density at radius 1 is 1.53 bits per heavy atom. The lowest BCUT2D eigenvalue weighted by Gasteiger charge is -2.22. The van der Waals surface area contributed by atoms with E-state index in [0.29, 0.717) is 30.9 Å². The number of nitrogens with one attached hydrogen (secondary N) is 1. The third-order valence-corrected chi connectivity index (χ3v) is 2.53. The van der Waals surface area contributed by atoms with Crippen LogP contribution < -0.4 is 5.32 Å². The molecule has 1 fully saturated rings. The molecular formula is C15H24FNO2. The zero-order valence-corrected chi connectivity index (χ0v) is 12.1. The Labute approximate surface area is 115 Å². The summed E-state index contributed by atoms with van der Waals surface area (Å²) in [7, 11) is 0. The maximum Gasteiger partial charge on any atom is 0.220 e. The van der Waals surface area contributed by atoms with Crippen LogP contribution in [0.1, 0.15) is 33.6 Å². The number of rotatable bonds is 5. The molecule has 0 aromatic carbocycles. The Morgan fingerprint density at radius 2 is 2.16 bits per heavy atom. The molecular weight excluding hydrogens is 245 g/mol. The zero-order chi connectivity index (χ0) is 14.8. The number of hydrogen-bond donors (Lipinski definition) is 1. The van der Waals surface area contributed by atoms with Crippen molar-refractivity contribution in [1.29, 1.82) is 0 Å². The third-order valence-electron chi connectivity index (χ3n) is 2.53. The standard InChI is InChI=1S/C13H18FNO2.C2H6/c1-9(2)12(6-10(3)14)17-8-11-4-5-15-13(16)7-11;1-2/h6,11H,1,3-5,7-8H2,2H3,(H,15,16);1-2H3/b12-6+;. The SMILES string of the molecule is C=C(F)/C=C(/OCC1CCNC(=O)C1)C(=C)C.CC. The molecule has 0 radical (unpaired) electrons. The lowest BCUT2D eigenvalue weighted by molar-refractivity contribution is -0.124. The van der Waals surface area contributed by atoms with Crippen molar-refractivity contribution in [3.05, 3.63) is 36.4 Å². The van der Waals surface area contributed by atoms with E-state index in [1.54, 1.807) is 6.92 Å². The Bertz CT molecular complexity index is 361. The fraction of sp³-hybridized carbons (Fsp3) is 0.533. The first-order chi connectivity index (χ1) is 8.99. The molecule has 1 heterocycles. The van der Waals surface area contributed by atoms with Gasteiger partial charge in [-0.2, -0.15) is 0 Å². The average molecular weight is 269 g/mol. The quantitative estimate of drug-likeness (QED) is 0.613. The van der Waals surface area contributed by atoms with E-state index in [9.17, 15) is 9.18 Å². The van der Waals surface area contributed by atoms with Crippen molar-refractivity contribution in [3.63, 3.8) is 0 Å². The Kier molecular flexibility index (Phi) is 8.58. The lowest BCUT2D eigenvalue weighted by atomic mass is 9.99. The van der Waals surface area contributed by atoms with E-state index < -0.39 is 5.83 Å². The smallest absolute Gasteiger partial charge is 0.220 e. The summed E-state index contributed by atoms with van der Waals surface area (Å²) in [5.74, 6) is 0.0489. The molecule has 0 aliphatic carbocycles. The summed E-state index contributed by atoms with van der Waals surface area (Å²) in [5.41, 5.74) is 0.643. The van der Waals surface area contributed by atoms with Crippen LogP contribution in [-0.4, -0.2) is 19.1 Å². The van der Waals surface area contributed by atoms with Crippen LogP contribution in [0.3, 0.4) is 0 Å². The summed E-state index contributed by atoms with van der Waals surface area (Å²) in [4.78, 5) is 11.2. The van der Waals surface area contributed by atoms with Crippen LogP contribution >= 0.6 is 0 Å². The van der Waals surface area contributed by atoms with E-state index in [4.69, 9.17) is 4.74 Å². The molecule has 0 bridgehead atoms. The van der Waals surface area contributed by atoms with Gasteiger partial charge in [0.1, 0.15) is 11.6 Å². The molecule has 1 rings (SSSR count). The first kappa shape index (κ1) is 17.4. The van der Waals surface area contributed by atoms with Crippen molar-refractivity contribution in [2.75, 3.05) is 13.2 Å². The zero-order valence-electron chi connectivity index (χ0n) is 12.1. The number of ether oxygens (including phenoxy) is 1. The Morgan fingerprint density at radius 3 is 2.63 bits per heavy atom. The van der Waals surface area contributed by atoms with Gasteiger partial charge in [-0.25, -0.2) is 4.39 Å². The second-order valence-corrected chi connectivity index (χ2v) is 4.26. The fourth-order valence-corrected chi connectivity index (χ4v) is 1.63. The van der Waals surface area contributed by atoms with E-state index in [1.807, 2.05) is 13.8 Å². The monoisotopic (exact) mass is 269 g/mol. The molecule has 0 aromatic rings. The number of carbonyl (C=O) groups is 1. The highest BCUT2D eigenvalue weighted by Crippen LogP contribution is 2.18. The van der Waals surface area contributed by atoms with E-state index in [2.05, 4.69) is 18.5 Å². The van der Waals surface area contributed by atoms with Crippen molar-refractivity contribution < 1.29 is 13.9 Å². The molecule has 0 aromatic heterocycles. The van der Waals surface area contributed by atoms with E-state index in [-0.39, 0.29) is 11.8 Å². The number of allylic oxidation sites excluding steroid dienone is 3. The minimum atomic E-state index is -0.565. The van der Waals surface area contributed by atoms with Crippen LogP contribution in [0.4, 0.5) is 4.39 Å². The molecule has 108 valence electrons. The van der Waals surface area contributed by atoms with Crippen molar-refractivity contribution in [3.8, 4) is 0 Å². The van der Waals surface area contributed by atoms with Crippen molar-refractivity contribution in [2.45, 2.75) is 33.6 Å². The molecule has 19 heavy (non-hydrogen) atoms. The Hall–Kier alpha value is -1.58. The number of halogens is 1. The fourth-order valence-electron chi connectivity index (χ4n) is 1.63. The third kappa shape index (κ3) is 7.44. The van der Waals surface area contributed by atoms with Crippen LogP contribution in [0.25, 0.3) is 0 Å². The molecule has 1 saturated heterocycles. The highest BCUT2D eigenvalue weighted by molar-refractivity contribution is 5.76. The minimum absolute atomic E-state index is 0.0422. The molecule has 1 atom stereocenters. The molecule has 3 nitrogen and oxygen atoms in total. The summed E-state index contributed by atoms with van der Waals surface area (Å²) in [5, 5.41) is 2.75. The van der Waals surface area contributed by atoms with Gasteiger partial charge in [-0.3, -0.25) is 4.79 Å². The average Bonchev–Trinajstić information content (AvgIpc) is 2.36. The summed E-state index contributed by atoms with van der Waals surface area (Å²) in [6, 6.07) is 0. The van der Waals surface area contributed by atoms with Crippen LogP contribution in [0.15, 0.2) is 36.4 Å². The molecule has 1 unspecified atom stereocenters. The van der Waals surface area contributed by atoms with Gasteiger partial charge in [-0.05, 0) is 18.9 Å². The van der Waals surface area contributed by atoms with Gasteiger partial charge in [0.25, 0.3) is 0 Å². The first-order valence-corrected chi connectivity index (χ1v) is 6.60. The highest BCUT2D eigenvalue weighted by atomic mass is 19.1. The molecule has 0 spiro atoms. The summed E-state index contributed by atoms with van der Waals surface area (Å²) < 4.78 is 18.2. The molecule has 1 aliphatic rings. The second-order valence-electron chi connectivity index (χ2n) is 4.26. The van der Waals surface area contributed by atoms with Gasteiger partial charge < -0.3 is 10.1 Å². The number of hydrogen-bond acceptors (Lipinski definition) is 2. The largest absolute Gasteiger partial charge is 0.493 e. The van der Waals surface area contributed by atoms with E-state index in [1.165, 1.54) is 6.08 Å². The van der Waals surface area contributed by atoms with Gasteiger partial charge in [-0.15, -0.1) is 0 Å². The molecule has 1 aliphatic heterocycles. The van der Waals surface area contributed by atoms with Gasteiger partial charge in [0.05, 0.1) is 6.61 Å². The predicted octanol–water partition coefficient (Wildman–Crippen LogP) is 3.50. The normalized spacial score (nSPS) is 18.8. The molecule has 4 heteroatoms. The summed E-state index contributed by atoms with van der Waals surface area (Å²) in [6.07, 6.45) is 2.55. The minimum Gasteiger partial charge on any atom is -0.493 e. The highest BCUT2D eigenvalue weighted by Gasteiger charge is 2.19. The summed E-state index contributed by atoms with van der Waals surface area (Å²) >= 11 is 0. The van der Waals surface area contributed by atoms with Gasteiger partial charge in [0.15, 0.2) is 0 Å². The predicted molar refractivity (Wildman–Crippen MR) is 76.2 cm³/mol. The lowest BCUT2D eigenvalue weighted by Crippen LogP contribution is -2.35. The number of carbonyl (C=O) groups excluding carboxylic acids is 1. The molecule has 1 N–H and O–H groups in total. The second kappa shape index (κ2) is 9.36. The maximum absolute atomic E-state index is 12.7. The number of amides is 1. The van der Waals surface area contributed by atoms with Crippen molar-refractivity contribution in [2.24, 2.45) is 5.92 Å².